The first-order valence-corrected chi connectivity index (χ1v) is 4.15. The second-order valence-corrected chi connectivity index (χ2v) is 3.30. The van der Waals surface area contributed by atoms with Crippen molar-refractivity contribution in [2.24, 2.45) is 5.73 Å². The van der Waals surface area contributed by atoms with Crippen LogP contribution in [0.15, 0.2) is 12.1 Å². The van der Waals surface area contributed by atoms with Gasteiger partial charge in [0.15, 0.2) is 0 Å². The van der Waals surface area contributed by atoms with Crippen molar-refractivity contribution >= 4 is 11.6 Å². The summed E-state index contributed by atoms with van der Waals surface area (Å²) >= 11 is 5.86. The molecule has 0 radical (unpaired) electrons. The Morgan fingerprint density at radius 3 is 2.50 bits per heavy atom. The number of phenolic OH excluding ortho intramolecular Hbond substituents is 1. The molecular formula is C9H12ClNO. The fourth-order valence-corrected chi connectivity index (χ4v) is 1.43. The lowest BCUT2D eigenvalue weighted by Gasteiger charge is -2.12. The van der Waals surface area contributed by atoms with Crippen LogP contribution < -0.4 is 5.73 Å². The average Bonchev–Trinajstić information content (AvgIpc) is 1.97. The summed E-state index contributed by atoms with van der Waals surface area (Å²) in [4.78, 5) is 0. The lowest BCUT2D eigenvalue weighted by Crippen LogP contribution is -2.07. The molecule has 0 heterocycles. The maximum Gasteiger partial charge on any atom is 0.120 e. The number of aromatic hydroxyl groups is 1. The van der Waals surface area contributed by atoms with Crippen LogP contribution in [0.25, 0.3) is 0 Å². The molecule has 2 nitrogen and oxygen atoms in total. The first-order valence-electron chi connectivity index (χ1n) is 3.77. The summed E-state index contributed by atoms with van der Waals surface area (Å²) in [6.07, 6.45) is 0. The molecule has 0 aliphatic heterocycles. The van der Waals surface area contributed by atoms with Gasteiger partial charge in [0, 0.05) is 16.6 Å². The Morgan fingerprint density at radius 2 is 2.08 bits per heavy atom. The standard InChI is InChI=1S/C9H12ClNO/c1-5-7(10)3-4-8(12)9(5)6(2)11/h3-4,6,12H,11H2,1-2H3. The van der Waals surface area contributed by atoms with Gasteiger partial charge in [0.25, 0.3) is 0 Å². The van der Waals surface area contributed by atoms with Crippen LogP contribution in [0.4, 0.5) is 0 Å². The first kappa shape index (κ1) is 9.36. The summed E-state index contributed by atoms with van der Waals surface area (Å²) in [5.74, 6) is 0.215. The molecule has 3 N–H and O–H groups in total. The highest BCUT2D eigenvalue weighted by Gasteiger charge is 2.11. The Hall–Kier alpha value is -0.730. The molecule has 0 aliphatic rings. The molecule has 1 unspecified atom stereocenters. The quantitative estimate of drug-likeness (QED) is 0.706. The summed E-state index contributed by atoms with van der Waals surface area (Å²) in [5, 5.41) is 10.1. The Morgan fingerprint density at radius 1 is 1.50 bits per heavy atom. The Bertz CT molecular complexity index is 297. The molecule has 3 heteroatoms. The number of hydrogen-bond acceptors (Lipinski definition) is 2. The van der Waals surface area contributed by atoms with Gasteiger partial charge in [0.1, 0.15) is 5.75 Å². The number of hydrogen-bond donors (Lipinski definition) is 2. The van der Waals surface area contributed by atoms with E-state index in [-0.39, 0.29) is 11.8 Å². The summed E-state index contributed by atoms with van der Waals surface area (Å²) in [6.45, 7) is 3.67. The SMILES string of the molecule is Cc1c(Cl)ccc(O)c1C(C)N. The van der Waals surface area contributed by atoms with Crippen molar-refractivity contribution < 1.29 is 5.11 Å². The highest BCUT2D eigenvalue weighted by Crippen LogP contribution is 2.30. The molecule has 1 aromatic rings. The predicted molar refractivity (Wildman–Crippen MR) is 50.5 cm³/mol. The van der Waals surface area contributed by atoms with Gasteiger partial charge >= 0.3 is 0 Å². The van der Waals surface area contributed by atoms with E-state index in [2.05, 4.69) is 0 Å². The van der Waals surface area contributed by atoms with Crippen LogP contribution in [0.3, 0.4) is 0 Å². The molecule has 0 saturated heterocycles. The van der Waals surface area contributed by atoms with Crippen molar-refractivity contribution in [1.29, 1.82) is 0 Å². The van der Waals surface area contributed by atoms with E-state index in [1.165, 1.54) is 0 Å². The molecule has 1 rings (SSSR count). The summed E-state index contributed by atoms with van der Waals surface area (Å²) in [6, 6.07) is 3.04. The normalized spacial score (nSPS) is 13.0. The van der Waals surface area contributed by atoms with Gasteiger partial charge in [0.05, 0.1) is 0 Å². The molecule has 0 saturated carbocycles. The lowest BCUT2D eigenvalue weighted by atomic mass is 10.0. The van der Waals surface area contributed by atoms with Crippen molar-refractivity contribution in [1.82, 2.24) is 0 Å². The van der Waals surface area contributed by atoms with Crippen LogP contribution in [0.1, 0.15) is 24.1 Å². The van der Waals surface area contributed by atoms with Crippen molar-refractivity contribution in [3.63, 3.8) is 0 Å². The fourth-order valence-electron chi connectivity index (χ4n) is 1.26. The first-order chi connectivity index (χ1) is 5.54. The zero-order chi connectivity index (χ0) is 9.30. The smallest absolute Gasteiger partial charge is 0.120 e. The Kier molecular flexibility index (Phi) is 2.60. The number of nitrogens with two attached hydrogens (primary N) is 1. The molecule has 0 bridgehead atoms. The zero-order valence-electron chi connectivity index (χ0n) is 7.13. The van der Waals surface area contributed by atoms with Crippen LogP contribution in [0.2, 0.25) is 5.02 Å². The minimum atomic E-state index is -0.191. The van der Waals surface area contributed by atoms with E-state index in [1.807, 2.05) is 13.8 Å². The van der Waals surface area contributed by atoms with Gasteiger partial charge in [-0.3, -0.25) is 0 Å². The van der Waals surface area contributed by atoms with Gasteiger partial charge < -0.3 is 10.8 Å². The highest BCUT2D eigenvalue weighted by molar-refractivity contribution is 6.31. The number of rotatable bonds is 1. The largest absolute Gasteiger partial charge is 0.508 e. The molecule has 1 atom stereocenters. The predicted octanol–water partition coefficient (Wildman–Crippen LogP) is 2.37. The van der Waals surface area contributed by atoms with Gasteiger partial charge in [-0.15, -0.1) is 0 Å². The molecule has 0 aromatic heterocycles. The van der Waals surface area contributed by atoms with Crippen LogP contribution >= 0.6 is 11.6 Å². The van der Waals surface area contributed by atoms with E-state index in [1.54, 1.807) is 12.1 Å². The third-order valence-corrected chi connectivity index (χ3v) is 2.29. The van der Waals surface area contributed by atoms with Crippen LogP contribution in [-0.4, -0.2) is 5.11 Å². The molecule has 0 spiro atoms. The molecule has 0 aliphatic carbocycles. The maximum absolute atomic E-state index is 9.45. The van der Waals surface area contributed by atoms with Crippen LogP contribution in [-0.2, 0) is 0 Å². The Labute approximate surface area is 77.0 Å². The summed E-state index contributed by atoms with van der Waals surface area (Å²) in [7, 11) is 0. The average molecular weight is 186 g/mol. The van der Waals surface area contributed by atoms with E-state index in [0.717, 1.165) is 11.1 Å². The molecule has 0 fully saturated rings. The van der Waals surface area contributed by atoms with Gasteiger partial charge in [-0.25, -0.2) is 0 Å². The molecule has 0 amide bonds. The van der Waals surface area contributed by atoms with Crippen LogP contribution in [0, 0.1) is 6.92 Å². The van der Waals surface area contributed by atoms with Crippen molar-refractivity contribution in [3.05, 3.63) is 28.3 Å². The van der Waals surface area contributed by atoms with E-state index in [9.17, 15) is 5.11 Å². The minimum Gasteiger partial charge on any atom is -0.508 e. The van der Waals surface area contributed by atoms with Crippen molar-refractivity contribution in [2.75, 3.05) is 0 Å². The Balaban J connectivity index is 3.33. The molecule has 66 valence electrons. The van der Waals surface area contributed by atoms with Gasteiger partial charge in [-0.05, 0) is 31.5 Å². The second-order valence-electron chi connectivity index (χ2n) is 2.89. The van der Waals surface area contributed by atoms with Crippen molar-refractivity contribution in [2.45, 2.75) is 19.9 Å². The molecule has 12 heavy (non-hydrogen) atoms. The number of benzene rings is 1. The lowest BCUT2D eigenvalue weighted by molar-refractivity contribution is 0.463. The summed E-state index contributed by atoms with van der Waals surface area (Å²) in [5.41, 5.74) is 7.24. The number of phenols is 1. The zero-order valence-corrected chi connectivity index (χ0v) is 7.89. The minimum absolute atomic E-state index is 0.191. The number of halogens is 1. The third-order valence-electron chi connectivity index (χ3n) is 1.88. The highest BCUT2D eigenvalue weighted by atomic mass is 35.5. The van der Waals surface area contributed by atoms with Crippen molar-refractivity contribution in [3.8, 4) is 5.75 Å². The fraction of sp³-hybridized carbons (Fsp3) is 0.333. The molecule has 1 aromatic carbocycles. The monoisotopic (exact) mass is 185 g/mol. The van der Waals surface area contributed by atoms with E-state index in [0.29, 0.717) is 5.02 Å². The van der Waals surface area contributed by atoms with E-state index >= 15 is 0 Å². The maximum atomic E-state index is 9.45. The van der Waals surface area contributed by atoms with E-state index in [4.69, 9.17) is 17.3 Å². The topological polar surface area (TPSA) is 46.2 Å². The van der Waals surface area contributed by atoms with E-state index < -0.39 is 0 Å². The van der Waals surface area contributed by atoms with Gasteiger partial charge in [-0.2, -0.15) is 0 Å². The van der Waals surface area contributed by atoms with Crippen LogP contribution in [0.5, 0.6) is 5.75 Å². The molecular weight excluding hydrogens is 174 g/mol. The second kappa shape index (κ2) is 3.33. The van der Waals surface area contributed by atoms with Gasteiger partial charge in [-0.1, -0.05) is 11.6 Å². The summed E-state index contributed by atoms with van der Waals surface area (Å²) < 4.78 is 0. The van der Waals surface area contributed by atoms with Gasteiger partial charge in [0.2, 0.25) is 0 Å². The third kappa shape index (κ3) is 1.54.